The molecule has 0 radical (unpaired) electrons. The Balaban J connectivity index is 2.24. The average molecular weight is 255 g/mol. The van der Waals surface area contributed by atoms with E-state index in [4.69, 9.17) is 0 Å². The normalized spacial score (nSPS) is 10.8. The van der Waals surface area contributed by atoms with Gasteiger partial charge in [-0.2, -0.15) is 0 Å². The molecule has 0 aliphatic heterocycles. The van der Waals surface area contributed by atoms with Crippen LogP contribution in [-0.2, 0) is 6.54 Å². The van der Waals surface area contributed by atoms with E-state index in [9.17, 15) is 8.78 Å². The van der Waals surface area contributed by atoms with E-state index >= 15 is 0 Å². The van der Waals surface area contributed by atoms with Gasteiger partial charge in [0.1, 0.15) is 21.6 Å². The fourth-order valence-electron chi connectivity index (χ4n) is 1.35. The molecular formula is C11H11F2N3S. The first kappa shape index (κ1) is 12.1. The van der Waals surface area contributed by atoms with E-state index in [1.807, 2.05) is 6.92 Å². The van der Waals surface area contributed by atoms with Gasteiger partial charge < -0.3 is 5.32 Å². The third-order valence-electron chi connectivity index (χ3n) is 2.10. The highest BCUT2D eigenvalue weighted by Crippen LogP contribution is 2.24. The highest BCUT2D eigenvalue weighted by atomic mass is 32.1. The van der Waals surface area contributed by atoms with E-state index in [-0.39, 0.29) is 0 Å². The lowest BCUT2D eigenvalue weighted by Crippen LogP contribution is -2.11. The topological polar surface area (TPSA) is 37.8 Å². The molecule has 0 saturated heterocycles. The van der Waals surface area contributed by atoms with Crippen LogP contribution in [0.5, 0.6) is 0 Å². The number of aromatic nitrogens is 2. The maximum absolute atomic E-state index is 13.0. The van der Waals surface area contributed by atoms with Crippen LogP contribution in [0.3, 0.4) is 0 Å². The molecular weight excluding hydrogens is 244 g/mol. The van der Waals surface area contributed by atoms with E-state index in [0.29, 0.717) is 17.1 Å². The average Bonchev–Trinajstić information content (AvgIpc) is 2.73. The zero-order valence-electron chi connectivity index (χ0n) is 9.20. The summed E-state index contributed by atoms with van der Waals surface area (Å²) in [7, 11) is 0. The number of hydrogen-bond donors (Lipinski definition) is 1. The molecule has 0 saturated carbocycles. The Bertz CT molecular complexity index is 493. The van der Waals surface area contributed by atoms with Crippen molar-refractivity contribution in [3.05, 3.63) is 34.8 Å². The van der Waals surface area contributed by atoms with Crippen molar-refractivity contribution in [2.45, 2.75) is 13.5 Å². The van der Waals surface area contributed by atoms with Gasteiger partial charge in [-0.05, 0) is 18.7 Å². The number of nitrogens with one attached hydrogen (secondary N) is 1. The van der Waals surface area contributed by atoms with Crippen molar-refractivity contribution in [1.29, 1.82) is 0 Å². The molecule has 90 valence electrons. The molecule has 1 N–H and O–H groups in total. The van der Waals surface area contributed by atoms with Crippen molar-refractivity contribution in [1.82, 2.24) is 15.5 Å². The Morgan fingerprint density at radius 3 is 2.53 bits per heavy atom. The summed E-state index contributed by atoms with van der Waals surface area (Å²) in [6, 6.07) is 3.34. The molecule has 0 bridgehead atoms. The molecule has 0 spiro atoms. The molecule has 1 aromatic carbocycles. The number of benzene rings is 1. The smallest absolute Gasteiger partial charge is 0.148 e. The number of rotatable bonds is 4. The molecule has 6 heteroatoms. The largest absolute Gasteiger partial charge is 0.311 e. The van der Waals surface area contributed by atoms with Crippen molar-refractivity contribution in [2.75, 3.05) is 6.54 Å². The monoisotopic (exact) mass is 255 g/mol. The Labute approximate surface area is 102 Å². The Morgan fingerprint density at radius 2 is 1.88 bits per heavy atom. The van der Waals surface area contributed by atoms with E-state index in [2.05, 4.69) is 15.5 Å². The van der Waals surface area contributed by atoms with Crippen LogP contribution in [0.2, 0.25) is 0 Å². The maximum Gasteiger partial charge on any atom is 0.148 e. The highest BCUT2D eigenvalue weighted by Gasteiger charge is 2.09. The van der Waals surface area contributed by atoms with Gasteiger partial charge in [0.05, 0.1) is 0 Å². The van der Waals surface area contributed by atoms with Crippen molar-refractivity contribution >= 4 is 11.3 Å². The van der Waals surface area contributed by atoms with Crippen molar-refractivity contribution in [3.8, 4) is 10.6 Å². The van der Waals surface area contributed by atoms with Gasteiger partial charge in [-0.15, -0.1) is 10.2 Å². The molecule has 2 rings (SSSR count). The highest BCUT2D eigenvalue weighted by molar-refractivity contribution is 7.14. The fourth-order valence-corrected chi connectivity index (χ4v) is 2.15. The summed E-state index contributed by atoms with van der Waals surface area (Å²) in [5.74, 6) is -1.22. The second kappa shape index (κ2) is 5.29. The summed E-state index contributed by atoms with van der Waals surface area (Å²) in [5.41, 5.74) is 0.419. The summed E-state index contributed by atoms with van der Waals surface area (Å²) in [5, 5.41) is 12.3. The molecule has 17 heavy (non-hydrogen) atoms. The summed E-state index contributed by atoms with van der Waals surface area (Å²) in [6.45, 7) is 3.44. The zero-order chi connectivity index (χ0) is 12.3. The van der Waals surface area contributed by atoms with Crippen LogP contribution in [0.25, 0.3) is 10.6 Å². The van der Waals surface area contributed by atoms with Crippen molar-refractivity contribution in [3.63, 3.8) is 0 Å². The van der Waals surface area contributed by atoms with Gasteiger partial charge >= 0.3 is 0 Å². The van der Waals surface area contributed by atoms with Crippen molar-refractivity contribution < 1.29 is 8.78 Å². The van der Waals surface area contributed by atoms with Gasteiger partial charge in [-0.3, -0.25) is 0 Å². The predicted molar refractivity (Wildman–Crippen MR) is 62.6 cm³/mol. The van der Waals surface area contributed by atoms with E-state index < -0.39 is 11.6 Å². The molecule has 0 amide bonds. The first-order chi connectivity index (χ1) is 8.19. The number of halogens is 2. The van der Waals surface area contributed by atoms with Gasteiger partial charge in [0, 0.05) is 18.2 Å². The Hall–Kier alpha value is -1.40. The molecule has 0 aliphatic carbocycles. The van der Waals surface area contributed by atoms with E-state index in [0.717, 1.165) is 17.6 Å². The molecule has 0 aliphatic rings. The van der Waals surface area contributed by atoms with Crippen LogP contribution in [-0.4, -0.2) is 16.7 Å². The van der Waals surface area contributed by atoms with Gasteiger partial charge in [-0.1, -0.05) is 18.3 Å². The summed E-state index contributed by atoms with van der Waals surface area (Å²) < 4.78 is 26.1. The Morgan fingerprint density at radius 1 is 1.18 bits per heavy atom. The first-order valence-corrected chi connectivity index (χ1v) is 6.00. The fraction of sp³-hybridized carbons (Fsp3) is 0.273. The van der Waals surface area contributed by atoms with E-state index in [1.54, 1.807) is 0 Å². The summed E-state index contributed by atoms with van der Waals surface area (Å²) >= 11 is 1.33. The molecule has 0 fully saturated rings. The molecule has 0 atom stereocenters. The lowest BCUT2D eigenvalue weighted by Gasteiger charge is -1.96. The zero-order valence-corrected chi connectivity index (χ0v) is 10.0. The van der Waals surface area contributed by atoms with E-state index in [1.165, 1.54) is 23.5 Å². The minimum absolute atomic E-state index is 0.419. The SMILES string of the molecule is CCNCc1nnc(-c2cc(F)cc(F)c2)s1. The van der Waals surface area contributed by atoms with Crippen LogP contribution in [0.15, 0.2) is 18.2 Å². The number of hydrogen-bond acceptors (Lipinski definition) is 4. The van der Waals surface area contributed by atoms with Crippen LogP contribution in [0.1, 0.15) is 11.9 Å². The lowest BCUT2D eigenvalue weighted by atomic mass is 10.2. The molecule has 2 aromatic rings. The molecule has 1 aromatic heterocycles. The van der Waals surface area contributed by atoms with Gasteiger partial charge in [-0.25, -0.2) is 8.78 Å². The first-order valence-electron chi connectivity index (χ1n) is 5.18. The van der Waals surface area contributed by atoms with Gasteiger partial charge in [0.2, 0.25) is 0 Å². The van der Waals surface area contributed by atoms with Gasteiger partial charge in [0.15, 0.2) is 0 Å². The van der Waals surface area contributed by atoms with Crippen LogP contribution in [0, 0.1) is 11.6 Å². The van der Waals surface area contributed by atoms with Crippen LogP contribution < -0.4 is 5.32 Å². The van der Waals surface area contributed by atoms with Crippen LogP contribution in [0.4, 0.5) is 8.78 Å². The standard InChI is InChI=1S/C11H11F2N3S/c1-2-14-6-10-15-16-11(17-10)7-3-8(12)5-9(13)4-7/h3-5,14H,2,6H2,1H3. The molecule has 0 unspecified atom stereocenters. The van der Waals surface area contributed by atoms with Crippen LogP contribution >= 0.6 is 11.3 Å². The summed E-state index contributed by atoms with van der Waals surface area (Å²) in [4.78, 5) is 0. The Kier molecular flexibility index (Phi) is 3.75. The second-order valence-electron chi connectivity index (χ2n) is 3.44. The third-order valence-corrected chi connectivity index (χ3v) is 3.07. The summed E-state index contributed by atoms with van der Waals surface area (Å²) in [6.07, 6.45) is 0. The predicted octanol–water partition coefficient (Wildman–Crippen LogP) is 2.59. The maximum atomic E-state index is 13.0. The van der Waals surface area contributed by atoms with Crippen molar-refractivity contribution in [2.24, 2.45) is 0 Å². The number of nitrogens with zero attached hydrogens (tertiary/aromatic N) is 2. The lowest BCUT2D eigenvalue weighted by molar-refractivity contribution is 0.584. The second-order valence-corrected chi connectivity index (χ2v) is 4.50. The quantitative estimate of drug-likeness (QED) is 0.912. The minimum Gasteiger partial charge on any atom is -0.311 e. The molecule has 1 heterocycles. The molecule has 3 nitrogen and oxygen atoms in total. The minimum atomic E-state index is -0.608. The third kappa shape index (κ3) is 3.04. The van der Waals surface area contributed by atoms with Gasteiger partial charge in [0.25, 0.3) is 0 Å².